The first-order valence-corrected chi connectivity index (χ1v) is 7.33. The fourth-order valence-electron chi connectivity index (χ4n) is 1.93. The zero-order chi connectivity index (χ0) is 15.0. The lowest BCUT2D eigenvalue weighted by Gasteiger charge is -2.03. The minimum absolute atomic E-state index is 0.00207. The van der Waals surface area contributed by atoms with Gasteiger partial charge in [0.1, 0.15) is 0 Å². The van der Waals surface area contributed by atoms with E-state index in [0.717, 1.165) is 36.7 Å². The molecule has 0 bridgehead atoms. The largest absolute Gasteiger partial charge is 0.344 e. The number of H-pyrrole nitrogens is 1. The van der Waals surface area contributed by atoms with Gasteiger partial charge in [-0.15, -0.1) is 5.10 Å². The highest BCUT2D eigenvalue weighted by Crippen LogP contribution is 2.36. The van der Waals surface area contributed by atoms with E-state index in [4.69, 9.17) is 0 Å². The number of nitrogens with one attached hydrogen (secondary N) is 1. The molecule has 8 heteroatoms. The first-order chi connectivity index (χ1) is 10.1. The highest BCUT2D eigenvalue weighted by molar-refractivity contribution is 7.99. The van der Waals surface area contributed by atoms with Crippen LogP contribution in [0.15, 0.2) is 28.2 Å². The zero-order valence-electron chi connectivity index (χ0n) is 10.8. The van der Waals surface area contributed by atoms with Crippen LogP contribution in [0.5, 0.6) is 0 Å². The van der Waals surface area contributed by atoms with Crippen molar-refractivity contribution in [1.29, 1.82) is 0 Å². The van der Waals surface area contributed by atoms with Gasteiger partial charge >= 0.3 is 5.69 Å². The monoisotopic (exact) mass is 311 g/mol. The molecule has 0 spiro atoms. The van der Waals surface area contributed by atoms with Gasteiger partial charge in [-0.25, -0.2) is 18.7 Å². The van der Waals surface area contributed by atoms with Gasteiger partial charge in [-0.2, -0.15) is 0 Å². The number of nitrogens with zero attached hydrogens (tertiary/aromatic N) is 2. The first kappa shape index (κ1) is 14.0. The second-order valence-corrected chi connectivity index (χ2v) is 5.70. The van der Waals surface area contributed by atoms with E-state index >= 15 is 0 Å². The standard InChI is InChI=1S/C13H11F2N3O2S/c14-9-4-1-7(5-10(9)15)11(19)6-21-13-17-16-12(20)18(13)8-2-3-8/h1,4-5,8H,2-3,6H2,(H,16,20). The van der Waals surface area contributed by atoms with Gasteiger partial charge in [0.05, 0.1) is 5.75 Å². The SMILES string of the molecule is O=C(CSc1n[nH]c(=O)n1C1CC1)c1ccc(F)c(F)c1. The Morgan fingerprint density at radius 2 is 2.14 bits per heavy atom. The van der Waals surface area contributed by atoms with Gasteiger partial charge in [0.25, 0.3) is 0 Å². The van der Waals surface area contributed by atoms with Crippen molar-refractivity contribution >= 4 is 17.5 Å². The molecule has 21 heavy (non-hydrogen) atoms. The predicted octanol–water partition coefficient (Wildman–Crippen LogP) is 2.16. The Hall–Kier alpha value is -1.96. The molecule has 0 atom stereocenters. The lowest BCUT2D eigenvalue weighted by atomic mass is 10.1. The smallest absolute Gasteiger partial charge is 0.293 e. The summed E-state index contributed by atoms with van der Waals surface area (Å²) in [6, 6.07) is 3.18. The third-order valence-corrected chi connectivity index (χ3v) is 4.11. The molecule has 0 amide bonds. The first-order valence-electron chi connectivity index (χ1n) is 6.34. The van der Waals surface area contributed by atoms with E-state index in [-0.39, 0.29) is 28.8 Å². The molecule has 2 aromatic rings. The molecule has 0 unspecified atom stereocenters. The third kappa shape index (κ3) is 2.90. The van der Waals surface area contributed by atoms with Gasteiger partial charge in [0, 0.05) is 11.6 Å². The summed E-state index contributed by atoms with van der Waals surface area (Å²) < 4.78 is 27.4. The fraction of sp³-hybridized carbons (Fsp3) is 0.308. The van der Waals surface area contributed by atoms with E-state index in [1.54, 1.807) is 0 Å². The third-order valence-electron chi connectivity index (χ3n) is 3.16. The molecular formula is C13H11F2N3O2S. The van der Waals surface area contributed by atoms with E-state index in [1.165, 1.54) is 10.6 Å². The van der Waals surface area contributed by atoms with E-state index in [1.807, 2.05) is 0 Å². The summed E-state index contributed by atoms with van der Waals surface area (Å²) in [5.41, 5.74) is -0.197. The Balaban J connectivity index is 1.71. The number of benzene rings is 1. The average molecular weight is 311 g/mol. The number of Topliss-reactive ketones (excluding diaryl/α,β-unsaturated/α-hetero) is 1. The van der Waals surface area contributed by atoms with Crippen LogP contribution < -0.4 is 5.69 Å². The zero-order valence-corrected chi connectivity index (χ0v) is 11.6. The quantitative estimate of drug-likeness (QED) is 0.679. The Kier molecular flexibility index (Phi) is 3.62. The van der Waals surface area contributed by atoms with E-state index in [2.05, 4.69) is 10.2 Å². The molecule has 1 saturated carbocycles. The maximum Gasteiger partial charge on any atom is 0.344 e. The van der Waals surface area contributed by atoms with Crippen LogP contribution in [-0.4, -0.2) is 26.3 Å². The molecule has 1 aromatic heterocycles. The van der Waals surface area contributed by atoms with Crippen LogP contribution in [0, 0.1) is 11.6 Å². The van der Waals surface area contributed by atoms with Crippen molar-refractivity contribution in [2.75, 3.05) is 5.75 Å². The highest BCUT2D eigenvalue weighted by atomic mass is 32.2. The van der Waals surface area contributed by atoms with E-state index in [0.29, 0.717) is 5.16 Å². The number of aromatic amines is 1. The van der Waals surface area contributed by atoms with E-state index < -0.39 is 11.6 Å². The topological polar surface area (TPSA) is 67.8 Å². The number of carbonyl (C=O) groups excluding carboxylic acids is 1. The number of halogens is 2. The second-order valence-electron chi connectivity index (χ2n) is 4.75. The Labute approximate surface area is 122 Å². The average Bonchev–Trinajstić information content (AvgIpc) is 3.23. The van der Waals surface area contributed by atoms with Gasteiger partial charge in [-0.05, 0) is 31.0 Å². The van der Waals surface area contributed by atoms with Crippen LogP contribution in [-0.2, 0) is 0 Å². The number of ketones is 1. The number of carbonyl (C=O) groups is 1. The van der Waals surface area contributed by atoms with Crippen LogP contribution in [0.4, 0.5) is 8.78 Å². The summed E-state index contributed by atoms with van der Waals surface area (Å²) in [5, 5.41) is 6.67. The molecule has 1 fully saturated rings. The molecule has 0 saturated heterocycles. The molecule has 5 nitrogen and oxygen atoms in total. The van der Waals surface area contributed by atoms with Crippen molar-refractivity contribution in [3.05, 3.63) is 45.9 Å². The number of rotatable bonds is 5. The van der Waals surface area contributed by atoms with Gasteiger partial charge in [0.2, 0.25) is 0 Å². The maximum absolute atomic E-state index is 13.1. The number of hydrogen-bond donors (Lipinski definition) is 1. The minimum Gasteiger partial charge on any atom is -0.293 e. The van der Waals surface area contributed by atoms with Gasteiger partial charge < -0.3 is 0 Å². The van der Waals surface area contributed by atoms with Crippen LogP contribution in [0.1, 0.15) is 29.2 Å². The summed E-state index contributed by atoms with van der Waals surface area (Å²) in [6.45, 7) is 0. The minimum atomic E-state index is -1.06. The molecule has 1 aromatic carbocycles. The van der Waals surface area contributed by atoms with Crippen LogP contribution >= 0.6 is 11.8 Å². The maximum atomic E-state index is 13.1. The number of hydrogen-bond acceptors (Lipinski definition) is 4. The van der Waals surface area contributed by atoms with Crippen LogP contribution in [0.3, 0.4) is 0 Å². The Morgan fingerprint density at radius 1 is 1.38 bits per heavy atom. The fourth-order valence-corrected chi connectivity index (χ4v) is 2.84. The van der Waals surface area contributed by atoms with Crippen molar-refractivity contribution in [2.45, 2.75) is 24.0 Å². The molecule has 1 aliphatic carbocycles. The molecule has 1 N–H and O–H groups in total. The summed E-state index contributed by atoms with van der Waals surface area (Å²) in [6.07, 6.45) is 1.84. The Morgan fingerprint density at radius 3 is 2.81 bits per heavy atom. The predicted molar refractivity (Wildman–Crippen MR) is 72.5 cm³/mol. The van der Waals surface area contributed by atoms with Crippen LogP contribution in [0.25, 0.3) is 0 Å². The molecule has 110 valence electrons. The van der Waals surface area contributed by atoms with E-state index in [9.17, 15) is 18.4 Å². The summed E-state index contributed by atoms with van der Waals surface area (Å²) in [7, 11) is 0. The van der Waals surface area contributed by atoms with Crippen molar-refractivity contribution < 1.29 is 13.6 Å². The van der Waals surface area contributed by atoms with Gasteiger partial charge in [-0.3, -0.25) is 9.36 Å². The van der Waals surface area contributed by atoms with Crippen molar-refractivity contribution in [3.8, 4) is 0 Å². The Bertz CT molecular complexity index is 752. The highest BCUT2D eigenvalue weighted by Gasteiger charge is 2.28. The summed E-state index contributed by atoms with van der Waals surface area (Å²) in [5.74, 6) is -2.39. The van der Waals surface area contributed by atoms with Gasteiger partial charge in [-0.1, -0.05) is 11.8 Å². The molecular weight excluding hydrogens is 300 g/mol. The number of thioether (sulfide) groups is 1. The number of aromatic nitrogens is 3. The summed E-state index contributed by atoms with van der Waals surface area (Å²) >= 11 is 1.10. The van der Waals surface area contributed by atoms with Crippen molar-refractivity contribution in [2.24, 2.45) is 0 Å². The lowest BCUT2D eigenvalue weighted by molar-refractivity contribution is 0.102. The van der Waals surface area contributed by atoms with Crippen LogP contribution in [0.2, 0.25) is 0 Å². The van der Waals surface area contributed by atoms with Crippen molar-refractivity contribution in [3.63, 3.8) is 0 Å². The molecule has 1 heterocycles. The lowest BCUT2D eigenvalue weighted by Crippen LogP contribution is -2.16. The van der Waals surface area contributed by atoms with Crippen molar-refractivity contribution in [1.82, 2.24) is 14.8 Å². The molecule has 0 aliphatic heterocycles. The molecule has 1 aliphatic rings. The molecule has 3 rings (SSSR count). The summed E-state index contributed by atoms with van der Waals surface area (Å²) in [4.78, 5) is 23.5. The molecule has 0 radical (unpaired) electrons. The van der Waals surface area contributed by atoms with Gasteiger partial charge in [0.15, 0.2) is 22.6 Å². The normalized spacial score (nSPS) is 14.4. The second kappa shape index (κ2) is 5.44.